The number of carbonyl (C=O) groups is 2. The summed E-state index contributed by atoms with van der Waals surface area (Å²) in [5.74, 6) is -1.57. The number of hydrogen-bond acceptors (Lipinski definition) is 4. The van der Waals surface area contributed by atoms with E-state index in [0.29, 0.717) is 5.39 Å². The number of carboxylic acids is 1. The van der Waals surface area contributed by atoms with E-state index in [9.17, 15) is 9.59 Å². The number of para-hydroxylation sites is 1. The van der Waals surface area contributed by atoms with Crippen molar-refractivity contribution in [3.05, 3.63) is 30.0 Å². The SMILES string of the molecule is COC(CNC(=O)c1n[nH]c2ccccc12)C(=O)O. The number of fused-ring (bicyclic) bond motifs is 1. The Morgan fingerprint density at radius 2 is 2.21 bits per heavy atom. The van der Waals surface area contributed by atoms with Crippen LogP contribution < -0.4 is 5.32 Å². The van der Waals surface area contributed by atoms with Gasteiger partial charge in [0.15, 0.2) is 11.8 Å². The molecular formula is C12H13N3O4. The van der Waals surface area contributed by atoms with E-state index in [1.165, 1.54) is 7.11 Å². The van der Waals surface area contributed by atoms with Gasteiger partial charge in [-0.25, -0.2) is 4.79 Å². The Balaban J connectivity index is 2.10. The van der Waals surface area contributed by atoms with Gasteiger partial charge in [-0.3, -0.25) is 9.89 Å². The molecule has 0 aliphatic rings. The molecule has 0 aliphatic carbocycles. The molecular weight excluding hydrogens is 250 g/mol. The smallest absolute Gasteiger partial charge is 0.334 e. The number of benzene rings is 1. The first-order chi connectivity index (χ1) is 9.13. The minimum Gasteiger partial charge on any atom is -0.479 e. The first-order valence-corrected chi connectivity index (χ1v) is 5.60. The van der Waals surface area contributed by atoms with Crippen LogP contribution >= 0.6 is 0 Å². The fourth-order valence-electron chi connectivity index (χ4n) is 1.68. The third kappa shape index (κ3) is 2.71. The number of carboxylic acid groups (broad SMARTS) is 1. The van der Waals surface area contributed by atoms with Gasteiger partial charge in [0.05, 0.1) is 12.1 Å². The number of nitrogens with one attached hydrogen (secondary N) is 2. The molecule has 2 rings (SSSR count). The number of aromatic nitrogens is 2. The maximum atomic E-state index is 11.9. The zero-order chi connectivity index (χ0) is 13.8. The van der Waals surface area contributed by atoms with Crippen molar-refractivity contribution in [1.29, 1.82) is 0 Å². The predicted molar refractivity (Wildman–Crippen MR) is 66.9 cm³/mol. The zero-order valence-corrected chi connectivity index (χ0v) is 10.2. The third-order valence-corrected chi connectivity index (χ3v) is 2.69. The summed E-state index contributed by atoms with van der Waals surface area (Å²) in [7, 11) is 1.27. The van der Waals surface area contributed by atoms with Gasteiger partial charge in [0, 0.05) is 12.5 Å². The van der Waals surface area contributed by atoms with Gasteiger partial charge in [0.25, 0.3) is 5.91 Å². The van der Waals surface area contributed by atoms with Crippen LogP contribution in [0.3, 0.4) is 0 Å². The Morgan fingerprint density at radius 3 is 2.89 bits per heavy atom. The molecule has 100 valence electrons. The number of rotatable bonds is 5. The van der Waals surface area contributed by atoms with Crippen molar-refractivity contribution in [1.82, 2.24) is 15.5 Å². The van der Waals surface area contributed by atoms with E-state index in [1.54, 1.807) is 18.2 Å². The molecule has 3 N–H and O–H groups in total. The topological polar surface area (TPSA) is 104 Å². The van der Waals surface area contributed by atoms with E-state index in [-0.39, 0.29) is 12.2 Å². The van der Waals surface area contributed by atoms with Crippen molar-refractivity contribution in [2.45, 2.75) is 6.10 Å². The third-order valence-electron chi connectivity index (χ3n) is 2.69. The fraction of sp³-hybridized carbons (Fsp3) is 0.250. The van der Waals surface area contributed by atoms with Gasteiger partial charge < -0.3 is 15.2 Å². The highest BCUT2D eigenvalue weighted by Gasteiger charge is 2.19. The molecule has 0 fully saturated rings. The summed E-state index contributed by atoms with van der Waals surface area (Å²) in [5, 5.41) is 18.6. The highest BCUT2D eigenvalue weighted by atomic mass is 16.5. The van der Waals surface area contributed by atoms with Crippen LogP contribution in [0.4, 0.5) is 0 Å². The van der Waals surface area contributed by atoms with Gasteiger partial charge in [-0.15, -0.1) is 0 Å². The maximum Gasteiger partial charge on any atom is 0.334 e. The molecule has 0 saturated heterocycles. The van der Waals surface area contributed by atoms with Gasteiger partial charge in [0.1, 0.15) is 0 Å². The van der Waals surface area contributed by atoms with Gasteiger partial charge in [-0.05, 0) is 6.07 Å². The summed E-state index contributed by atoms with van der Waals surface area (Å²) < 4.78 is 4.72. The van der Waals surface area contributed by atoms with Crippen LogP contribution in [0.15, 0.2) is 24.3 Å². The number of ether oxygens (including phenoxy) is 1. The van der Waals surface area contributed by atoms with Crippen molar-refractivity contribution in [3.8, 4) is 0 Å². The molecule has 1 aromatic carbocycles. The van der Waals surface area contributed by atoms with Crippen LogP contribution in [0.2, 0.25) is 0 Å². The number of aromatic amines is 1. The van der Waals surface area contributed by atoms with Crippen molar-refractivity contribution in [2.75, 3.05) is 13.7 Å². The molecule has 19 heavy (non-hydrogen) atoms. The summed E-state index contributed by atoms with van der Waals surface area (Å²) in [6.45, 7) is -0.119. The Labute approximate surface area is 108 Å². The van der Waals surface area contributed by atoms with Gasteiger partial charge in [-0.2, -0.15) is 5.10 Å². The van der Waals surface area contributed by atoms with E-state index in [4.69, 9.17) is 9.84 Å². The lowest BCUT2D eigenvalue weighted by molar-refractivity contribution is -0.148. The molecule has 0 saturated carbocycles. The first kappa shape index (κ1) is 13.0. The van der Waals surface area contributed by atoms with Crippen molar-refractivity contribution >= 4 is 22.8 Å². The number of H-pyrrole nitrogens is 1. The molecule has 1 heterocycles. The minimum atomic E-state index is -1.13. The van der Waals surface area contributed by atoms with Crippen molar-refractivity contribution in [3.63, 3.8) is 0 Å². The average Bonchev–Trinajstić information content (AvgIpc) is 2.82. The Hall–Kier alpha value is -2.41. The molecule has 1 aromatic heterocycles. The average molecular weight is 263 g/mol. The maximum absolute atomic E-state index is 11.9. The molecule has 0 aliphatic heterocycles. The molecule has 1 atom stereocenters. The largest absolute Gasteiger partial charge is 0.479 e. The van der Waals surface area contributed by atoms with Crippen LogP contribution in [0, 0.1) is 0 Å². The number of methoxy groups -OCH3 is 1. The molecule has 1 amide bonds. The van der Waals surface area contributed by atoms with Crippen LogP contribution in [0.1, 0.15) is 10.5 Å². The number of amides is 1. The van der Waals surface area contributed by atoms with Crippen LogP contribution in [0.25, 0.3) is 10.9 Å². The summed E-state index contributed by atoms with van der Waals surface area (Å²) in [5.41, 5.74) is 0.977. The summed E-state index contributed by atoms with van der Waals surface area (Å²) >= 11 is 0. The standard InChI is InChI=1S/C12H13N3O4/c1-19-9(12(17)18)6-13-11(16)10-7-4-2-3-5-8(7)14-15-10/h2-5,9H,6H2,1H3,(H,13,16)(H,14,15)(H,17,18). The molecule has 7 nitrogen and oxygen atoms in total. The lowest BCUT2D eigenvalue weighted by Gasteiger charge is -2.10. The van der Waals surface area contributed by atoms with E-state index >= 15 is 0 Å². The van der Waals surface area contributed by atoms with E-state index in [0.717, 1.165) is 5.52 Å². The molecule has 0 bridgehead atoms. The molecule has 2 aromatic rings. The Morgan fingerprint density at radius 1 is 1.47 bits per heavy atom. The quantitative estimate of drug-likeness (QED) is 0.724. The fourth-order valence-corrected chi connectivity index (χ4v) is 1.68. The molecule has 0 spiro atoms. The second-order valence-electron chi connectivity index (χ2n) is 3.89. The number of hydrogen-bond donors (Lipinski definition) is 3. The molecule has 1 unspecified atom stereocenters. The predicted octanol–water partition coefficient (Wildman–Crippen LogP) is 0.392. The number of aliphatic carboxylic acids is 1. The van der Waals surface area contributed by atoms with Crippen LogP contribution in [-0.2, 0) is 9.53 Å². The molecule has 7 heteroatoms. The number of nitrogens with zero attached hydrogens (tertiary/aromatic N) is 1. The second-order valence-corrected chi connectivity index (χ2v) is 3.89. The summed E-state index contributed by atoms with van der Waals surface area (Å²) in [6.07, 6.45) is -1.07. The van der Waals surface area contributed by atoms with Crippen LogP contribution in [0.5, 0.6) is 0 Å². The van der Waals surface area contributed by atoms with Crippen LogP contribution in [-0.4, -0.2) is 46.9 Å². The van der Waals surface area contributed by atoms with E-state index in [1.807, 2.05) is 6.07 Å². The lowest BCUT2D eigenvalue weighted by Crippen LogP contribution is -2.38. The second kappa shape index (κ2) is 5.49. The van der Waals surface area contributed by atoms with Gasteiger partial charge >= 0.3 is 5.97 Å². The van der Waals surface area contributed by atoms with Crippen molar-refractivity contribution < 1.29 is 19.4 Å². The normalized spacial score (nSPS) is 12.3. The molecule has 0 radical (unpaired) electrons. The minimum absolute atomic E-state index is 0.119. The highest BCUT2D eigenvalue weighted by Crippen LogP contribution is 2.14. The highest BCUT2D eigenvalue weighted by molar-refractivity contribution is 6.04. The number of carbonyl (C=O) groups excluding carboxylic acids is 1. The van der Waals surface area contributed by atoms with Crippen molar-refractivity contribution in [2.24, 2.45) is 0 Å². The summed E-state index contributed by atoms with van der Waals surface area (Å²) in [4.78, 5) is 22.7. The van der Waals surface area contributed by atoms with Gasteiger partial charge in [0.2, 0.25) is 0 Å². The first-order valence-electron chi connectivity index (χ1n) is 5.60. The summed E-state index contributed by atoms with van der Waals surface area (Å²) in [6, 6.07) is 7.19. The Kier molecular flexibility index (Phi) is 3.76. The van der Waals surface area contributed by atoms with Gasteiger partial charge in [-0.1, -0.05) is 18.2 Å². The van der Waals surface area contributed by atoms with E-state index in [2.05, 4.69) is 15.5 Å². The Bertz CT molecular complexity index is 608. The lowest BCUT2D eigenvalue weighted by atomic mass is 10.2. The zero-order valence-electron chi connectivity index (χ0n) is 10.2. The van der Waals surface area contributed by atoms with E-state index < -0.39 is 18.0 Å². The monoisotopic (exact) mass is 263 g/mol.